The molecular formula is C21H26FN3O2. The number of ketones is 1. The highest BCUT2D eigenvalue weighted by Gasteiger charge is 2.10. The lowest BCUT2D eigenvalue weighted by molar-refractivity contribution is 0.0957. The smallest absolute Gasteiger partial charge is 0.181 e. The molecule has 1 heterocycles. The zero-order valence-electron chi connectivity index (χ0n) is 15.6. The second-order valence-electron chi connectivity index (χ2n) is 6.44. The Kier molecular flexibility index (Phi) is 8.42. The number of pyridine rings is 1. The van der Waals surface area contributed by atoms with Crippen LogP contribution in [0.15, 0.2) is 53.8 Å². The molecule has 6 heteroatoms. The predicted octanol–water partition coefficient (Wildman–Crippen LogP) is 4.33. The Morgan fingerprint density at radius 1 is 1.22 bits per heavy atom. The van der Waals surface area contributed by atoms with Crippen molar-refractivity contribution in [3.05, 3.63) is 65.7 Å². The van der Waals surface area contributed by atoms with Crippen LogP contribution in [0.3, 0.4) is 0 Å². The lowest BCUT2D eigenvalue weighted by Crippen LogP contribution is -2.15. The standard InChI is InChI=1S/C21H26FN3O2/c1-2-16(7-3-4-9-20(26)19-8-5-6-14-24-19)15-27-25-21(23)17-10-12-18(22)13-11-17/h5-6,8,10-14,16H,2-4,7,9,15H2,1H3,(H2,23,25)/t16-/m1/s1. The minimum absolute atomic E-state index is 0.0802. The second-order valence-corrected chi connectivity index (χ2v) is 6.44. The third-order valence-electron chi connectivity index (χ3n) is 4.41. The van der Waals surface area contributed by atoms with Crippen LogP contribution in [0.5, 0.6) is 0 Å². The fraction of sp³-hybridized carbons (Fsp3) is 0.381. The SMILES string of the molecule is CC[C@H](CCCCC(=O)c1ccccn1)CO/N=C(\N)c1ccc(F)cc1. The molecule has 0 saturated heterocycles. The molecule has 0 fully saturated rings. The van der Waals surface area contributed by atoms with Crippen molar-refractivity contribution in [3.8, 4) is 0 Å². The van der Waals surface area contributed by atoms with Gasteiger partial charge in [-0.2, -0.15) is 0 Å². The van der Waals surface area contributed by atoms with Crippen molar-refractivity contribution in [3.63, 3.8) is 0 Å². The first-order valence-corrected chi connectivity index (χ1v) is 9.25. The molecule has 0 bridgehead atoms. The van der Waals surface area contributed by atoms with Crippen LogP contribution in [-0.2, 0) is 4.84 Å². The summed E-state index contributed by atoms with van der Waals surface area (Å²) in [5.74, 6) is 0.335. The van der Waals surface area contributed by atoms with Crippen LogP contribution in [0.2, 0.25) is 0 Å². The zero-order valence-corrected chi connectivity index (χ0v) is 15.6. The summed E-state index contributed by atoms with van der Waals surface area (Å²) in [7, 11) is 0. The van der Waals surface area contributed by atoms with Gasteiger partial charge < -0.3 is 10.6 Å². The highest BCUT2D eigenvalue weighted by molar-refractivity contribution is 5.97. The number of Topliss-reactive ketones (excluding diaryl/α,β-unsaturated/α-hetero) is 1. The lowest BCUT2D eigenvalue weighted by atomic mass is 9.98. The number of rotatable bonds is 11. The van der Waals surface area contributed by atoms with Gasteiger partial charge in [-0.05, 0) is 61.6 Å². The summed E-state index contributed by atoms with van der Waals surface area (Å²) in [6, 6.07) is 11.2. The van der Waals surface area contributed by atoms with E-state index in [0.717, 1.165) is 25.7 Å². The minimum Gasteiger partial charge on any atom is -0.394 e. The fourth-order valence-electron chi connectivity index (χ4n) is 2.67. The number of hydrogen-bond acceptors (Lipinski definition) is 4. The number of nitrogens with two attached hydrogens (primary N) is 1. The maximum absolute atomic E-state index is 12.9. The maximum Gasteiger partial charge on any atom is 0.181 e. The second kappa shape index (κ2) is 11.1. The van der Waals surface area contributed by atoms with Crippen molar-refractivity contribution < 1.29 is 14.0 Å². The average Bonchev–Trinajstić information content (AvgIpc) is 2.70. The summed E-state index contributed by atoms with van der Waals surface area (Å²) in [4.78, 5) is 21.5. The van der Waals surface area contributed by atoms with E-state index in [9.17, 15) is 9.18 Å². The molecule has 0 saturated carbocycles. The molecule has 1 atom stereocenters. The van der Waals surface area contributed by atoms with E-state index in [0.29, 0.717) is 30.2 Å². The minimum atomic E-state index is -0.319. The van der Waals surface area contributed by atoms with E-state index in [1.54, 1.807) is 30.5 Å². The molecule has 1 aromatic heterocycles. The molecule has 27 heavy (non-hydrogen) atoms. The first-order chi connectivity index (χ1) is 13.1. The highest BCUT2D eigenvalue weighted by Crippen LogP contribution is 2.15. The summed E-state index contributed by atoms with van der Waals surface area (Å²) < 4.78 is 12.9. The van der Waals surface area contributed by atoms with Gasteiger partial charge in [-0.1, -0.05) is 24.6 Å². The Morgan fingerprint density at radius 3 is 2.67 bits per heavy atom. The number of halogens is 1. The van der Waals surface area contributed by atoms with E-state index in [-0.39, 0.29) is 17.4 Å². The first kappa shape index (κ1) is 20.6. The molecular weight excluding hydrogens is 345 g/mol. The van der Waals surface area contributed by atoms with Crippen LogP contribution in [0, 0.1) is 11.7 Å². The normalized spacial score (nSPS) is 12.6. The summed E-state index contributed by atoms with van der Waals surface area (Å²) in [5.41, 5.74) is 6.99. The van der Waals surface area contributed by atoms with Gasteiger partial charge in [-0.25, -0.2) is 4.39 Å². The number of nitrogens with zero attached hydrogens (tertiary/aromatic N) is 2. The molecule has 2 aromatic rings. The van der Waals surface area contributed by atoms with E-state index in [1.165, 1.54) is 12.1 Å². The first-order valence-electron chi connectivity index (χ1n) is 9.25. The van der Waals surface area contributed by atoms with Gasteiger partial charge >= 0.3 is 0 Å². The van der Waals surface area contributed by atoms with E-state index in [4.69, 9.17) is 10.6 Å². The summed E-state index contributed by atoms with van der Waals surface area (Å²) in [6.07, 6.45) is 5.82. The van der Waals surface area contributed by atoms with Crippen LogP contribution >= 0.6 is 0 Å². The Hall–Kier alpha value is -2.76. The molecule has 0 spiro atoms. The zero-order chi connectivity index (χ0) is 19.5. The molecule has 0 unspecified atom stereocenters. The molecule has 0 aliphatic rings. The van der Waals surface area contributed by atoms with Gasteiger partial charge in [-0.15, -0.1) is 0 Å². The van der Waals surface area contributed by atoms with Gasteiger partial charge in [0.15, 0.2) is 11.6 Å². The monoisotopic (exact) mass is 371 g/mol. The van der Waals surface area contributed by atoms with E-state index >= 15 is 0 Å². The van der Waals surface area contributed by atoms with Crippen molar-refractivity contribution >= 4 is 11.6 Å². The molecule has 0 aliphatic heterocycles. The quantitative estimate of drug-likeness (QED) is 0.210. The fourth-order valence-corrected chi connectivity index (χ4v) is 2.67. The summed E-state index contributed by atoms with van der Waals surface area (Å²) >= 11 is 0. The Morgan fingerprint density at radius 2 is 2.00 bits per heavy atom. The van der Waals surface area contributed by atoms with Crippen molar-refractivity contribution in [2.24, 2.45) is 16.8 Å². The van der Waals surface area contributed by atoms with Gasteiger partial charge in [0.25, 0.3) is 0 Å². The lowest BCUT2D eigenvalue weighted by Gasteiger charge is -2.13. The number of amidine groups is 1. The van der Waals surface area contributed by atoms with E-state index in [2.05, 4.69) is 17.1 Å². The van der Waals surface area contributed by atoms with Crippen LogP contribution < -0.4 is 5.73 Å². The van der Waals surface area contributed by atoms with Gasteiger partial charge in [0.1, 0.15) is 18.1 Å². The predicted molar refractivity (Wildman–Crippen MR) is 104 cm³/mol. The van der Waals surface area contributed by atoms with Crippen molar-refractivity contribution in [2.45, 2.75) is 39.0 Å². The topological polar surface area (TPSA) is 77.6 Å². The van der Waals surface area contributed by atoms with Crippen molar-refractivity contribution in [1.82, 2.24) is 4.98 Å². The third kappa shape index (κ3) is 7.17. The van der Waals surface area contributed by atoms with Crippen LogP contribution in [0.25, 0.3) is 0 Å². The Labute approximate surface area is 159 Å². The molecule has 0 amide bonds. The van der Waals surface area contributed by atoms with Crippen molar-refractivity contribution in [2.75, 3.05) is 6.61 Å². The number of aromatic nitrogens is 1. The molecule has 0 radical (unpaired) electrons. The molecule has 144 valence electrons. The molecule has 0 aliphatic carbocycles. The van der Waals surface area contributed by atoms with Crippen LogP contribution in [-0.4, -0.2) is 23.2 Å². The summed E-state index contributed by atoms with van der Waals surface area (Å²) in [6.45, 7) is 2.56. The van der Waals surface area contributed by atoms with Gasteiger partial charge in [0.2, 0.25) is 0 Å². The molecule has 1 aromatic carbocycles. The molecule has 2 N–H and O–H groups in total. The third-order valence-corrected chi connectivity index (χ3v) is 4.41. The highest BCUT2D eigenvalue weighted by atomic mass is 19.1. The average molecular weight is 371 g/mol. The van der Waals surface area contributed by atoms with Gasteiger partial charge in [-0.3, -0.25) is 9.78 Å². The Balaban J connectivity index is 1.68. The summed E-state index contributed by atoms with van der Waals surface area (Å²) in [5, 5.41) is 3.92. The largest absolute Gasteiger partial charge is 0.394 e. The van der Waals surface area contributed by atoms with Crippen molar-refractivity contribution in [1.29, 1.82) is 0 Å². The number of carbonyl (C=O) groups excluding carboxylic acids is 1. The van der Waals surface area contributed by atoms with Crippen LogP contribution in [0.4, 0.5) is 4.39 Å². The Bertz CT molecular complexity index is 733. The number of unbranched alkanes of at least 4 members (excludes halogenated alkanes) is 1. The van der Waals surface area contributed by atoms with E-state index in [1.807, 2.05) is 6.07 Å². The van der Waals surface area contributed by atoms with Gasteiger partial charge in [0, 0.05) is 18.2 Å². The molecule has 2 rings (SSSR count). The maximum atomic E-state index is 12.9. The number of hydrogen-bond donors (Lipinski definition) is 1. The van der Waals surface area contributed by atoms with Gasteiger partial charge in [0.05, 0.1) is 0 Å². The number of carbonyl (C=O) groups is 1. The number of benzene rings is 1. The van der Waals surface area contributed by atoms with Crippen LogP contribution in [0.1, 0.15) is 55.1 Å². The molecule has 5 nitrogen and oxygen atoms in total. The number of oxime groups is 1. The van der Waals surface area contributed by atoms with E-state index < -0.39 is 0 Å².